The van der Waals surface area contributed by atoms with Crippen molar-refractivity contribution in [3.8, 4) is 6.07 Å². The van der Waals surface area contributed by atoms with E-state index in [0.29, 0.717) is 29.8 Å². The minimum Gasteiger partial charge on any atom is -0.355 e. The first-order chi connectivity index (χ1) is 16.8. The molecule has 1 aliphatic rings. The van der Waals surface area contributed by atoms with Gasteiger partial charge >= 0.3 is 0 Å². The van der Waals surface area contributed by atoms with E-state index in [9.17, 15) is 13.2 Å². The number of hydrogen-bond acceptors (Lipinski definition) is 6. The number of aromatic nitrogens is 1. The second kappa shape index (κ2) is 10.3. The summed E-state index contributed by atoms with van der Waals surface area (Å²) in [5.74, 6) is -0.322. The molecule has 2 heterocycles. The second-order valence-corrected chi connectivity index (χ2v) is 10.4. The molecule has 1 amide bonds. The summed E-state index contributed by atoms with van der Waals surface area (Å²) in [4.78, 5) is 12.8. The van der Waals surface area contributed by atoms with Gasteiger partial charge < -0.3 is 9.84 Å². The van der Waals surface area contributed by atoms with E-state index in [1.165, 1.54) is 4.31 Å². The molecule has 0 unspecified atom stereocenters. The van der Waals surface area contributed by atoms with E-state index in [-0.39, 0.29) is 35.6 Å². The van der Waals surface area contributed by atoms with Gasteiger partial charge in [0.05, 0.1) is 11.6 Å². The van der Waals surface area contributed by atoms with Crippen LogP contribution in [0.15, 0.2) is 57.9 Å². The molecule has 0 aliphatic carbocycles. The van der Waals surface area contributed by atoms with Crippen LogP contribution in [-0.2, 0) is 14.8 Å². The third kappa shape index (κ3) is 5.50. The molecule has 1 saturated heterocycles. The quantitative estimate of drug-likeness (QED) is 0.548. The molecule has 180 valence electrons. The van der Waals surface area contributed by atoms with Gasteiger partial charge in [0.2, 0.25) is 15.9 Å². The van der Waals surface area contributed by atoms with Crippen molar-refractivity contribution in [3.05, 3.63) is 76.7 Å². The lowest BCUT2D eigenvalue weighted by molar-refractivity contribution is -0.120. The molecule has 0 atom stereocenters. The van der Waals surface area contributed by atoms with Gasteiger partial charge in [0.25, 0.3) is 0 Å². The van der Waals surface area contributed by atoms with Crippen molar-refractivity contribution in [2.75, 3.05) is 18.4 Å². The van der Waals surface area contributed by atoms with Gasteiger partial charge in [-0.25, -0.2) is 8.42 Å². The molecule has 4 rings (SSSR count). The van der Waals surface area contributed by atoms with E-state index in [1.54, 1.807) is 43.3 Å². The Morgan fingerprint density at radius 1 is 1.14 bits per heavy atom. The Labute approximate surface area is 204 Å². The minimum absolute atomic E-state index is 0.0529. The van der Waals surface area contributed by atoms with Crippen molar-refractivity contribution in [3.63, 3.8) is 0 Å². The summed E-state index contributed by atoms with van der Waals surface area (Å²) in [6.07, 6.45) is 4.19. The SMILES string of the molecule is Cc1ccc(/C=C/c2onc(C)c2S(=O)(=O)N2CCC(C(=O)Nc3cccc(C#N)c3)CC2)cc1. The van der Waals surface area contributed by atoms with Crippen LogP contribution in [-0.4, -0.2) is 36.9 Å². The van der Waals surface area contributed by atoms with Gasteiger partial charge in [0.1, 0.15) is 5.69 Å². The number of nitriles is 1. The van der Waals surface area contributed by atoms with Crippen molar-refractivity contribution < 1.29 is 17.7 Å². The van der Waals surface area contributed by atoms with Gasteiger partial charge in [0, 0.05) is 24.7 Å². The van der Waals surface area contributed by atoms with Crippen LogP contribution >= 0.6 is 0 Å². The Balaban J connectivity index is 1.44. The molecule has 1 fully saturated rings. The molecular weight excluding hydrogens is 464 g/mol. The molecule has 0 radical (unpaired) electrons. The molecular formula is C26H26N4O4S. The van der Waals surface area contributed by atoms with Crippen LogP contribution in [0.5, 0.6) is 0 Å². The lowest BCUT2D eigenvalue weighted by Crippen LogP contribution is -2.41. The van der Waals surface area contributed by atoms with Gasteiger partial charge in [-0.05, 0) is 56.5 Å². The third-order valence-corrected chi connectivity index (χ3v) is 8.08. The van der Waals surface area contributed by atoms with Crippen LogP contribution in [0.1, 0.15) is 41.0 Å². The van der Waals surface area contributed by atoms with Crippen molar-refractivity contribution in [2.24, 2.45) is 5.92 Å². The van der Waals surface area contributed by atoms with Crippen LogP contribution in [0.3, 0.4) is 0 Å². The van der Waals surface area contributed by atoms with Crippen LogP contribution in [0, 0.1) is 31.1 Å². The van der Waals surface area contributed by atoms with Crippen LogP contribution < -0.4 is 5.32 Å². The van der Waals surface area contributed by atoms with E-state index < -0.39 is 10.0 Å². The Bertz CT molecular complexity index is 1390. The molecule has 9 heteroatoms. The van der Waals surface area contributed by atoms with E-state index in [1.807, 2.05) is 37.3 Å². The van der Waals surface area contributed by atoms with E-state index in [0.717, 1.165) is 11.1 Å². The topological polar surface area (TPSA) is 116 Å². The van der Waals surface area contributed by atoms with E-state index >= 15 is 0 Å². The summed E-state index contributed by atoms with van der Waals surface area (Å²) in [5, 5.41) is 15.7. The maximum Gasteiger partial charge on any atom is 0.248 e. The molecule has 1 aliphatic heterocycles. The summed E-state index contributed by atoms with van der Waals surface area (Å²) in [6, 6.07) is 16.6. The summed E-state index contributed by atoms with van der Waals surface area (Å²) < 4.78 is 33.6. The lowest BCUT2D eigenvalue weighted by Gasteiger charge is -2.30. The van der Waals surface area contributed by atoms with Crippen molar-refractivity contribution >= 4 is 33.8 Å². The highest BCUT2D eigenvalue weighted by atomic mass is 32.2. The van der Waals surface area contributed by atoms with Gasteiger partial charge in [-0.2, -0.15) is 9.57 Å². The molecule has 3 aromatic rings. The molecule has 8 nitrogen and oxygen atoms in total. The standard InChI is InChI=1S/C26H26N4O4S/c1-18-6-8-20(9-7-18)10-11-24-25(19(2)29-34-24)35(32,33)30-14-12-22(13-15-30)26(31)28-23-5-3-4-21(16-23)17-27/h3-11,16,22H,12-15H2,1-2H3,(H,28,31)/b11-10+. The van der Waals surface area contributed by atoms with Gasteiger partial charge in [-0.3, -0.25) is 4.79 Å². The average Bonchev–Trinajstić information content (AvgIpc) is 3.25. The summed E-state index contributed by atoms with van der Waals surface area (Å²) >= 11 is 0. The largest absolute Gasteiger partial charge is 0.355 e. The van der Waals surface area contributed by atoms with Crippen molar-refractivity contribution in [2.45, 2.75) is 31.6 Å². The Morgan fingerprint density at radius 2 is 1.86 bits per heavy atom. The van der Waals surface area contributed by atoms with Crippen molar-refractivity contribution in [1.29, 1.82) is 5.26 Å². The third-order valence-electron chi connectivity index (χ3n) is 6.02. The van der Waals surface area contributed by atoms with E-state index in [4.69, 9.17) is 9.78 Å². The zero-order chi connectivity index (χ0) is 25.0. The fraction of sp³-hybridized carbons (Fsp3) is 0.269. The number of sulfonamides is 1. The first-order valence-electron chi connectivity index (χ1n) is 11.3. The Kier molecular flexibility index (Phi) is 7.15. The fourth-order valence-electron chi connectivity index (χ4n) is 4.05. The summed E-state index contributed by atoms with van der Waals surface area (Å²) in [6.45, 7) is 4.03. The molecule has 35 heavy (non-hydrogen) atoms. The van der Waals surface area contributed by atoms with Gasteiger partial charge in [0.15, 0.2) is 10.7 Å². The minimum atomic E-state index is -3.85. The zero-order valence-corrected chi connectivity index (χ0v) is 20.4. The molecule has 0 saturated carbocycles. The molecule has 0 spiro atoms. The zero-order valence-electron chi connectivity index (χ0n) is 19.6. The number of piperidine rings is 1. The second-order valence-electron chi connectivity index (χ2n) is 8.57. The van der Waals surface area contributed by atoms with E-state index in [2.05, 4.69) is 10.5 Å². The average molecular weight is 491 g/mol. The number of nitrogens with one attached hydrogen (secondary N) is 1. The highest BCUT2D eigenvalue weighted by Crippen LogP contribution is 2.29. The highest BCUT2D eigenvalue weighted by molar-refractivity contribution is 7.89. The summed E-state index contributed by atoms with van der Waals surface area (Å²) in [5.41, 5.74) is 3.36. The molecule has 2 aromatic carbocycles. The monoisotopic (exact) mass is 490 g/mol. The first kappa shape index (κ1) is 24.4. The number of hydrogen-bond donors (Lipinski definition) is 1. The number of anilines is 1. The number of carbonyl (C=O) groups is 1. The van der Waals surface area contributed by atoms with Crippen LogP contribution in [0.4, 0.5) is 5.69 Å². The van der Waals surface area contributed by atoms with Crippen molar-refractivity contribution in [1.82, 2.24) is 9.46 Å². The predicted molar refractivity (Wildman–Crippen MR) is 133 cm³/mol. The van der Waals surface area contributed by atoms with Crippen LogP contribution in [0.25, 0.3) is 12.2 Å². The van der Waals surface area contributed by atoms with Crippen LogP contribution in [0.2, 0.25) is 0 Å². The lowest BCUT2D eigenvalue weighted by atomic mass is 9.97. The number of nitrogens with zero attached hydrogens (tertiary/aromatic N) is 3. The predicted octanol–water partition coefficient (Wildman–Crippen LogP) is 4.37. The number of aryl methyl sites for hydroxylation is 2. The fourth-order valence-corrected chi connectivity index (χ4v) is 5.77. The normalized spacial score (nSPS) is 15.2. The number of rotatable bonds is 6. The molecule has 1 N–H and O–H groups in total. The number of amides is 1. The van der Waals surface area contributed by atoms with Gasteiger partial charge in [-0.1, -0.05) is 47.1 Å². The Hall–Kier alpha value is -3.74. The molecule has 0 bridgehead atoms. The molecule has 1 aromatic heterocycles. The maximum absolute atomic E-state index is 13.4. The number of benzene rings is 2. The number of carbonyl (C=O) groups excluding carboxylic acids is 1. The first-order valence-corrected chi connectivity index (χ1v) is 12.7. The highest BCUT2D eigenvalue weighted by Gasteiger charge is 2.36. The summed E-state index contributed by atoms with van der Waals surface area (Å²) in [7, 11) is -3.85. The Morgan fingerprint density at radius 3 is 2.54 bits per heavy atom. The maximum atomic E-state index is 13.4. The van der Waals surface area contributed by atoms with Gasteiger partial charge in [-0.15, -0.1) is 0 Å². The smallest absolute Gasteiger partial charge is 0.248 e.